The summed E-state index contributed by atoms with van der Waals surface area (Å²) in [6.45, 7) is 13.5. The minimum Gasteiger partial charge on any atom is -0.468 e. The first kappa shape index (κ1) is 45.9. The number of nitrogens with two attached hydrogens (primary N) is 1. The van der Waals surface area contributed by atoms with Gasteiger partial charge in [0.25, 0.3) is 11.4 Å². The number of carbonyl (C=O) groups is 2. The van der Waals surface area contributed by atoms with E-state index in [9.17, 15) is 29.8 Å². The highest BCUT2D eigenvalue weighted by Gasteiger charge is 2.26. The normalized spacial score (nSPS) is 10.4. The molecule has 1 amide bonds. The highest BCUT2D eigenvalue weighted by Crippen LogP contribution is 2.26. The molecule has 0 spiro atoms. The molecule has 0 unspecified atom stereocenters. The minimum atomic E-state index is -1.08. The molecule has 0 saturated heterocycles. The molecule has 5 N–H and O–H groups in total. The highest BCUT2D eigenvalue weighted by molar-refractivity contribution is 5.92. The van der Waals surface area contributed by atoms with Crippen molar-refractivity contribution < 1.29 is 24.2 Å². The van der Waals surface area contributed by atoms with E-state index in [4.69, 9.17) is 5.73 Å². The van der Waals surface area contributed by atoms with Crippen LogP contribution in [0.4, 0.5) is 22.7 Å². The average molecular weight is 743 g/mol. The number of rotatable bonds is 8. The lowest BCUT2D eigenvalue weighted by Crippen LogP contribution is -2.23. The number of amides is 1. The van der Waals surface area contributed by atoms with Crippen molar-refractivity contribution in [3.63, 3.8) is 0 Å². The van der Waals surface area contributed by atoms with E-state index in [-0.39, 0.29) is 42.6 Å². The van der Waals surface area contributed by atoms with Crippen LogP contribution in [-0.4, -0.2) is 38.8 Å². The Morgan fingerprint density at radius 2 is 1.33 bits per heavy atom. The summed E-state index contributed by atoms with van der Waals surface area (Å²) in [5.41, 5.74) is 10.5. The molecule has 13 nitrogen and oxygen atoms in total. The molecule has 2 aromatic heterocycles. The molecule has 0 aliphatic heterocycles. The molecular weight excluding hydrogens is 688 g/mol. The molecule has 0 atom stereocenters. The number of aromatic amines is 2. The topological polar surface area (TPSA) is 199 Å². The van der Waals surface area contributed by atoms with E-state index in [1.807, 2.05) is 31.2 Å². The lowest BCUT2D eigenvalue weighted by atomic mass is 9.94. The van der Waals surface area contributed by atoms with Gasteiger partial charge in [0.1, 0.15) is 5.41 Å². The zero-order valence-electron chi connectivity index (χ0n) is 30.7. The Hall–Kier alpha value is -6.16. The van der Waals surface area contributed by atoms with Crippen LogP contribution in [0.2, 0.25) is 0 Å². The van der Waals surface area contributed by atoms with E-state index in [0.717, 1.165) is 27.8 Å². The van der Waals surface area contributed by atoms with E-state index in [0.29, 0.717) is 30.4 Å². The maximum atomic E-state index is 11.8. The molecule has 0 saturated carbocycles. The molecule has 3 aromatic carbocycles. The van der Waals surface area contributed by atoms with Crippen LogP contribution < -0.4 is 11.1 Å². The number of nitro benzene ring substituents is 2. The van der Waals surface area contributed by atoms with E-state index < -0.39 is 16.3 Å². The Morgan fingerprint density at radius 3 is 1.83 bits per heavy atom. The second-order valence-corrected chi connectivity index (χ2v) is 13.3. The molecule has 0 fully saturated rings. The first-order chi connectivity index (χ1) is 24.4. The van der Waals surface area contributed by atoms with Gasteiger partial charge >= 0.3 is 5.97 Å². The summed E-state index contributed by atoms with van der Waals surface area (Å²) >= 11 is 0. The number of aromatic nitrogens is 2. The Morgan fingerprint density at radius 1 is 0.833 bits per heavy atom. The SMILES string of the molecule is C.C.CC(C)c1cc2cc(N)ccc2[nH]1.CC(C)c1cc2cc([N+](=O)[O-])ccc2[nH]1.CCCC(=O)Nc1ccc([N+](=O)[O-])cc1C#CC(C)(C)C(=O)OC. The van der Waals surface area contributed by atoms with Crippen LogP contribution in [0.25, 0.3) is 21.8 Å². The van der Waals surface area contributed by atoms with Gasteiger partial charge in [0, 0.05) is 69.6 Å². The number of nitrogens with zero attached hydrogens (tertiary/aromatic N) is 2. The summed E-state index contributed by atoms with van der Waals surface area (Å²) < 4.78 is 4.67. The van der Waals surface area contributed by atoms with E-state index in [2.05, 4.69) is 65.6 Å². The van der Waals surface area contributed by atoms with Crippen molar-refractivity contribution in [3.8, 4) is 11.8 Å². The number of nitrogen functional groups attached to an aromatic ring is 1. The van der Waals surface area contributed by atoms with Gasteiger partial charge < -0.3 is 25.8 Å². The van der Waals surface area contributed by atoms with Crippen molar-refractivity contribution in [1.29, 1.82) is 0 Å². The van der Waals surface area contributed by atoms with E-state index >= 15 is 0 Å². The Bertz CT molecular complexity index is 2130. The molecule has 0 radical (unpaired) electrons. The van der Waals surface area contributed by atoms with E-state index in [1.54, 1.807) is 26.0 Å². The van der Waals surface area contributed by atoms with Gasteiger partial charge in [0.05, 0.1) is 28.2 Å². The first-order valence-electron chi connectivity index (χ1n) is 16.8. The molecule has 0 bridgehead atoms. The van der Waals surface area contributed by atoms with Gasteiger partial charge in [-0.2, -0.15) is 0 Å². The van der Waals surface area contributed by atoms with Crippen LogP contribution >= 0.6 is 0 Å². The predicted octanol–water partition coefficient (Wildman–Crippen LogP) is 10.2. The summed E-state index contributed by atoms with van der Waals surface area (Å²) in [7, 11) is 1.26. The largest absolute Gasteiger partial charge is 0.468 e. The summed E-state index contributed by atoms with van der Waals surface area (Å²) in [6.07, 6.45) is 1.01. The van der Waals surface area contributed by atoms with Gasteiger partial charge in [-0.05, 0) is 74.6 Å². The molecule has 54 heavy (non-hydrogen) atoms. The number of nitro groups is 2. The van der Waals surface area contributed by atoms with Crippen LogP contribution in [-0.2, 0) is 14.3 Å². The van der Waals surface area contributed by atoms with Gasteiger partial charge in [-0.3, -0.25) is 29.8 Å². The number of H-pyrrole nitrogens is 2. The number of fused-ring (bicyclic) bond motifs is 2. The maximum absolute atomic E-state index is 11.8. The van der Waals surface area contributed by atoms with Crippen LogP contribution in [0.15, 0.2) is 66.7 Å². The number of ether oxygens (including phenoxy) is 1. The maximum Gasteiger partial charge on any atom is 0.323 e. The number of hydrogen-bond donors (Lipinski definition) is 4. The number of benzene rings is 3. The van der Waals surface area contributed by atoms with Crippen molar-refractivity contribution in [3.05, 3.63) is 104 Å². The summed E-state index contributed by atoms with van der Waals surface area (Å²) in [6, 6.07) is 18.9. The summed E-state index contributed by atoms with van der Waals surface area (Å²) in [4.78, 5) is 50.7. The average Bonchev–Trinajstić information content (AvgIpc) is 3.72. The highest BCUT2D eigenvalue weighted by atomic mass is 16.6. The van der Waals surface area contributed by atoms with Gasteiger partial charge in [-0.25, -0.2) is 0 Å². The molecule has 0 aliphatic rings. The second kappa shape index (κ2) is 20.2. The standard InChI is InChI=1S/C17H20N2O5.C11H12N2O2.C11H14N2.2CH4/c1-5-6-15(20)18-14-8-7-13(19(22)23)11-12(14)9-10-17(2,3)16(21)24-4;1-7(2)11-6-8-5-9(13(14)15)3-4-10(8)12-11;1-7(2)11-6-8-5-9(12)3-4-10(8)13-11;;/h7-8,11H,5-6H2,1-4H3,(H,18,20);3-7,12H,1-2H3;3-7,13H,12H2,1-2H3;2*1H4. The monoisotopic (exact) mass is 742 g/mol. The van der Waals surface area contributed by atoms with Gasteiger partial charge in [0.15, 0.2) is 0 Å². The third-order valence-electron chi connectivity index (χ3n) is 7.92. The Kier molecular flexibility index (Phi) is 17.1. The first-order valence-corrected chi connectivity index (χ1v) is 16.8. The zero-order chi connectivity index (χ0) is 38.7. The quantitative estimate of drug-likeness (QED) is 0.0395. The fourth-order valence-corrected chi connectivity index (χ4v) is 4.88. The van der Waals surface area contributed by atoms with Crippen molar-refractivity contribution in [2.45, 2.75) is 88.0 Å². The van der Waals surface area contributed by atoms with Gasteiger partial charge in [0.2, 0.25) is 5.91 Å². The summed E-state index contributed by atoms with van der Waals surface area (Å²) in [5, 5.41) is 26.3. The lowest BCUT2D eigenvalue weighted by Gasteiger charge is -2.13. The van der Waals surface area contributed by atoms with Crippen LogP contribution in [0.1, 0.15) is 105 Å². The van der Waals surface area contributed by atoms with Crippen molar-refractivity contribution in [2.75, 3.05) is 18.2 Å². The van der Waals surface area contributed by atoms with Crippen LogP contribution in [0.3, 0.4) is 0 Å². The molecule has 13 heteroatoms. The Labute approximate surface area is 317 Å². The predicted molar refractivity (Wildman–Crippen MR) is 219 cm³/mol. The molecule has 290 valence electrons. The third-order valence-corrected chi connectivity index (χ3v) is 7.92. The molecule has 5 rings (SSSR count). The van der Waals surface area contributed by atoms with Crippen molar-refractivity contribution in [2.24, 2.45) is 5.41 Å². The number of hydrogen-bond acceptors (Lipinski definition) is 8. The van der Waals surface area contributed by atoms with Crippen molar-refractivity contribution in [1.82, 2.24) is 9.97 Å². The zero-order valence-corrected chi connectivity index (χ0v) is 30.7. The Balaban J connectivity index is 0.000000419. The van der Waals surface area contributed by atoms with Gasteiger partial charge in [-0.1, -0.05) is 61.3 Å². The number of anilines is 2. The van der Waals surface area contributed by atoms with Crippen LogP contribution in [0, 0.1) is 37.5 Å². The van der Waals surface area contributed by atoms with Gasteiger partial charge in [-0.15, -0.1) is 0 Å². The second-order valence-electron chi connectivity index (χ2n) is 13.3. The van der Waals surface area contributed by atoms with Crippen LogP contribution in [0.5, 0.6) is 0 Å². The third kappa shape index (κ3) is 12.5. The fraction of sp³-hybridized carbons (Fsp3) is 0.366. The molecule has 2 heterocycles. The molecule has 5 aromatic rings. The minimum absolute atomic E-state index is 0. The number of methoxy groups -OCH3 is 1. The van der Waals surface area contributed by atoms with E-state index in [1.165, 1.54) is 42.5 Å². The number of nitrogens with one attached hydrogen (secondary N) is 3. The lowest BCUT2D eigenvalue weighted by molar-refractivity contribution is -0.385. The summed E-state index contributed by atoms with van der Waals surface area (Å²) in [5.74, 6) is 5.69. The molecular formula is C41H54N6O7. The number of carbonyl (C=O) groups excluding carboxylic acids is 2. The number of non-ortho nitro benzene ring substituents is 2. The number of esters is 1. The fourth-order valence-electron chi connectivity index (χ4n) is 4.88. The van der Waals surface area contributed by atoms with Crippen molar-refractivity contribution >= 4 is 56.4 Å². The smallest absolute Gasteiger partial charge is 0.323 e. The molecule has 0 aliphatic carbocycles.